The third kappa shape index (κ3) is 1.57. The summed E-state index contributed by atoms with van der Waals surface area (Å²) in [6.07, 6.45) is 0.179. The Balaban J connectivity index is 2.54. The zero-order valence-corrected chi connectivity index (χ0v) is 8.45. The summed E-state index contributed by atoms with van der Waals surface area (Å²) in [5.41, 5.74) is 1.12. The van der Waals surface area contributed by atoms with E-state index in [-0.39, 0.29) is 11.7 Å². The van der Waals surface area contributed by atoms with Crippen molar-refractivity contribution in [3.8, 4) is 10.4 Å². The Morgan fingerprint density at radius 1 is 1.50 bits per heavy atom. The number of halogens is 1. The zero-order chi connectivity index (χ0) is 10.1. The van der Waals surface area contributed by atoms with Crippen molar-refractivity contribution in [3.05, 3.63) is 40.4 Å². The van der Waals surface area contributed by atoms with Gasteiger partial charge in [-0.1, -0.05) is 28.1 Å². The lowest BCUT2D eigenvalue weighted by Crippen LogP contribution is -1.70. The van der Waals surface area contributed by atoms with Crippen molar-refractivity contribution in [3.63, 3.8) is 0 Å². The highest BCUT2D eigenvalue weighted by Gasteiger charge is 1.98. The maximum absolute atomic E-state index is 7.56. The van der Waals surface area contributed by atoms with Gasteiger partial charge in [-0.3, -0.25) is 4.98 Å². The summed E-state index contributed by atoms with van der Waals surface area (Å²) in [5.74, 6) is 0. The summed E-state index contributed by atoms with van der Waals surface area (Å²) in [4.78, 5) is 4.50. The third-order valence-electron chi connectivity index (χ3n) is 1.44. The van der Waals surface area contributed by atoms with Crippen molar-refractivity contribution in [2.75, 3.05) is 0 Å². The van der Waals surface area contributed by atoms with Crippen molar-refractivity contribution >= 4 is 27.3 Å². The molecule has 0 amide bonds. The SMILES string of the molecule is [2H]c1nc([2H])c(-c2cccc(Br)c2)s1. The fourth-order valence-corrected chi connectivity index (χ4v) is 1.84. The number of benzene rings is 1. The second-order valence-corrected chi connectivity index (χ2v) is 3.97. The van der Waals surface area contributed by atoms with Crippen LogP contribution in [-0.2, 0) is 0 Å². The van der Waals surface area contributed by atoms with Crippen LogP contribution in [-0.4, -0.2) is 4.98 Å². The number of hydrogen-bond acceptors (Lipinski definition) is 2. The van der Waals surface area contributed by atoms with Crippen molar-refractivity contribution in [1.29, 1.82) is 0 Å². The molecule has 1 aromatic carbocycles. The molecule has 12 heavy (non-hydrogen) atoms. The molecule has 3 heteroatoms. The van der Waals surface area contributed by atoms with E-state index in [1.165, 1.54) is 11.3 Å². The van der Waals surface area contributed by atoms with E-state index < -0.39 is 0 Å². The Morgan fingerprint density at radius 3 is 3.08 bits per heavy atom. The highest BCUT2D eigenvalue weighted by atomic mass is 79.9. The summed E-state index contributed by atoms with van der Waals surface area (Å²) in [5, 5.41) is 0. The van der Waals surface area contributed by atoms with E-state index in [4.69, 9.17) is 2.74 Å². The molecule has 60 valence electrons. The van der Waals surface area contributed by atoms with E-state index in [9.17, 15) is 0 Å². The number of thiazole rings is 1. The number of rotatable bonds is 1. The van der Waals surface area contributed by atoms with Gasteiger partial charge in [0.15, 0.2) is 0 Å². The number of nitrogens with zero attached hydrogens (tertiary/aromatic N) is 1. The molecule has 1 heterocycles. The van der Waals surface area contributed by atoms with Crippen LogP contribution in [0.15, 0.2) is 40.4 Å². The van der Waals surface area contributed by atoms with Gasteiger partial charge in [-0.15, -0.1) is 11.3 Å². The molecule has 0 aliphatic rings. The van der Waals surface area contributed by atoms with E-state index in [0.717, 1.165) is 14.9 Å². The first-order valence-electron chi connectivity index (χ1n) is 4.37. The van der Waals surface area contributed by atoms with E-state index in [2.05, 4.69) is 20.9 Å². The first-order chi connectivity index (χ1) is 6.66. The minimum atomic E-state index is 0.179. The summed E-state index contributed by atoms with van der Waals surface area (Å²) in [7, 11) is 0. The van der Waals surface area contributed by atoms with Gasteiger partial charge >= 0.3 is 0 Å². The third-order valence-corrected chi connectivity index (χ3v) is 2.64. The van der Waals surface area contributed by atoms with E-state index in [1.54, 1.807) is 0 Å². The highest BCUT2D eigenvalue weighted by molar-refractivity contribution is 9.10. The Hall–Kier alpha value is -0.670. The predicted molar refractivity (Wildman–Crippen MR) is 55.3 cm³/mol. The van der Waals surface area contributed by atoms with Gasteiger partial charge in [-0.25, -0.2) is 0 Å². The Labute approximate surface area is 86.0 Å². The van der Waals surface area contributed by atoms with E-state index in [0.29, 0.717) is 0 Å². The van der Waals surface area contributed by atoms with Gasteiger partial charge in [0, 0.05) is 10.6 Å². The second kappa shape index (κ2) is 3.37. The Bertz CT molecular complexity index is 470. The lowest BCUT2D eigenvalue weighted by molar-refractivity contribution is 1.42. The van der Waals surface area contributed by atoms with Crippen molar-refractivity contribution < 1.29 is 2.74 Å². The monoisotopic (exact) mass is 241 g/mol. The highest BCUT2D eigenvalue weighted by Crippen LogP contribution is 2.25. The van der Waals surface area contributed by atoms with E-state index in [1.807, 2.05) is 24.3 Å². The lowest BCUT2D eigenvalue weighted by Gasteiger charge is -1.95. The molecule has 2 rings (SSSR count). The molecular formula is C9H6BrNS. The molecule has 0 saturated heterocycles. The maximum atomic E-state index is 7.56. The first-order valence-corrected chi connectivity index (χ1v) is 4.98. The quantitative estimate of drug-likeness (QED) is 0.744. The minimum absolute atomic E-state index is 0.179. The maximum Gasteiger partial charge on any atom is 0.0960 e. The molecule has 0 N–H and O–H groups in total. The molecule has 1 aromatic heterocycles. The van der Waals surface area contributed by atoms with Crippen LogP contribution in [0.4, 0.5) is 0 Å². The average molecular weight is 242 g/mol. The average Bonchev–Trinajstić information content (AvgIpc) is 2.45. The molecule has 0 saturated carbocycles. The Kier molecular flexibility index (Phi) is 1.65. The summed E-state index contributed by atoms with van der Waals surface area (Å²) in [6, 6.07) is 7.67. The van der Waals surface area contributed by atoms with Crippen LogP contribution in [0.25, 0.3) is 10.4 Å². The van der Waals surface area contributed by atoms with Crippen LogP contribution in [0.3, 0.4) is 0 Å². The van der Waals surface area contributed by atoms with Crippen LogP contribution in [0.2, 0.25) is 0 Å². The number of hydrogen-bond donors (Lipinski definition) is 0. The molecule has 0 fully saturated rings. The molecular weight excluding hydrogens is 234 g/mol. The van der Waals surface area contributed by atoms with Crippen molar-refractivity contribution in [2.24, 2.45) is 0 Å². The van der Waals surface area contributed by atoms with Gasteiger partial charge in [0.1, 0.15) is 0 Å². The van der Waals surface area contributed by atoms with Crippen LogP contribution >= 0.6 is 27.3 Å². The smallest absolute Gasteiger partial charge is 0.0960 e. The standard InChI is InChI=1S/C9H6BrNS/c10-8-3-1-2-7(4-8)9-5-11-6-12-9/h1-6H/i5D,6D. The summed E-state index contributed by atoms with van der Waals surface area (Å²) in [6.45, 7) is 0. The van der Waals surface area contributed by atoms with Gasteiger partial charge in [-0.2, -0.15) is 0 Å². The summed E-state index contributed by atoms with van der Waals surface area (Å²) < 4.78 is 15.9. The topological polar surface area (TPSA) is 12.9 Å². The summed E-state index contributed by atoms with van der Waals surface area (Å²) >= 11 is 4.59. The fraction of sp³-hybridized carbons (Fsp3) is 0. The molecule has 0 bridgehead atoms. The first kappa shape index (κ1) is 5.89. The predicted octanol–water partition coefficient (Wildman–Crippen LogP) is 3.57. The minimum Gasteiger partial charge on any atom is -0.252 e. The largest absolute Gasteiger partial charge is 0.252 e. The van der Waals surface area contributed by atoms with Gasteiger partial charge in [0.05, 0.1) is 13.1 Å². The van der Waals surface area contributed by atoms with Crippen molar-refractivity contribution in [2.45, 2.75) is 0 Å². The molecule has 0 spiro atoms. The van der Waals surface area contributed by atoms with Crippen LogP contribution in [0.1, 0.15) is 2.74 Å². The normalized spacial score (nSPS) is 12.4. The van der Waals surface area contributed by atoms with Gasteiger partial charge in [0.25, 0.3) is 0 Å². The van der Waals surface area contributed by atoms with Crippen LogP contribution in [0, 0.1) is 0 Å². The van der Waals surface area contributed by atoms with Crippen LogP contribution in [0.5, 0.6) is 0 Å². The van der Waals surface area contributed by atoms with Crippen molar-refractivity contribution in [1.82, 2.24) is 4.98 Å². The fourth-order valence-electron chi connectivity index (χ4n) is 0.918. The molecule has 2 aromatic rings. The molecule has 0 atom stereocenters. The molecule has 0 aliphatic carbocycles. The second-order valence-electron chi connectivity index (χ2n) is 2.26. The van der Waals surface area contributed by atoms with Gasteiger partial charge < -0.3 is 0 Å². The molecule has 0 unspecified atom stereocenters. The van der Waals surface area contributed by atoms with E-state index >= 15 is 0 Å². The van der Waals surface area contributed by atoms with Gasteiger partial charge in [0.2, 0.25) is 0 Å². The molecule has 1 nitrogen and oxygen atoms in total. The number of aromatic nitrogens is 1. The Morgan fingerprint density at radius 2 is 2.42 bits per heavy atom. The van der Waals surface area contributed by atoms with Crippen LogP contribution < -0.4 is 0 Å². The molecule has 0 radical (unpaired) electrons. The van der Waals surface area contributed by atoms with Gasteiger partial charge in [-0.05, 0) is 17.7 Å². The zero-order valence-electron chi connectivity index (χ0n) is 8.04. The lowest BCUT2D eigenvalue weighted by atomic mass is 10.2. The molecule has 0 aliphatic heterocycles.